The number of thioether (sulfide) groups is 1. The van der Waals surface area contributed by atoms with Gasteiger partial charge in [-0.3, -0.25) is 23.3 Å². The second-order valence-corrected chi connectivity index (χ2v) is 8.03. The zero-order valence-corrected chi connectivity index (χ0v) is 17.6. The van der Waals surface area contributed by atoms with Crippen LogP contribution in [0.25, 0.3) is 10.9 Å². The van der Waals surface area contributed by atoms with Crippen molar-refractivity contribution in [1.29, 1.82) is 0 Å². The average Bonchev–Trinajstić information content (AvgIpc) is 2.65. The van der Waals surface area contributed by atoms with Crippen molar-refractivity contribution < 1.29 is 0 Å². The molecule has 0 bridgehead atoms. The monoisotopic (exact) mass is 450 g/mol. The van der Waals surface area contributed by atoms with Crippen molar-refractivity contribution in [2.45, 2.75) is 30.8 Å². The lowest BCUT2D eigenvalue weighted by Gasteiger charge is -2.13. The zero-order valence-electron chi connectivity index (χ0n) is 15.2. The Morgan fingerprint density at radius 1 is 1.11 bits per heavy atom. The van der Waals surface area contributed by atoms with Crippen LogP contribution in [0, 0.1) is 0 Å². The first-order valence-corrected chi connectivity index (χ1v) is 10.2. The van der Waals surface area contributed by atoms with Gasteiger partial charge in [0.05, 0.1) is 10.9 Å². The van der Waals surface area contributed by atoms with Crippen LogP contribution in [0.5, 0.6) is 0 Å². The van der Waals surface area contributed by atoms with Crippen LogP contribution in [0.3, 0.4) is 0 Å². The number of halogens is 1. The zero-order chi connectivity index (χ0) is 19.7. The molecule has 1 aromatic carbocycles. The highest BCUT2D eigenvalue weighted by atomic mass is 79.9. The van der Waals surface area contributed by atoms with E-state index in [0.717, 1.165) is 15.5 Å². The topological polar surface area (TPSA) is 78.9 Å². The van der Waals surface area contributed by atoms with Crippen molar-refractivity contribution in [2.75, 3.05) is 0 Å². The Morgan fingerprint density at radius 2 is 1.85 bits per heavy atom. The van der Waals surface area contributed by atoms with Gasteiger partial charge in [-0.25, -0.2) is 9.78 Å². The van der Waals surface area contributed by atoms with E-state index in [9.17, 15) is 14.4 Å². The third-order valence-corrected chi connectivity index (χ3v) is 5.81. The Morgan fingerprint density at radius 3 is 2.56 bits per heavy atom. The standard InChI is InChI=1S/C18H19BrN4O3S/c1-4-7-23-16(25)13-8-11(19)5-6-14(13)20-17(23)27-10-12-9-15(24)22(3)18(26)21(12)2/h5-6,8-9H,4,7,10H2,1-3H3. The number of benzene rings is 1. The summed E-state index contributed by atoms with van der Waals surface area (Å²) in [5.41, 5.74) is 0.386. The Hall–Kier alpha value is -2.13. The summed E-state index contributed by atoms with van der Waals surface area (Å²) in [6.07, 6.45) is 0.791. The fourth-order valence-electron chi connectivity index (χ4n) is 2.76. The maximum absolute atomic E-state index is 12.9. The third-order valence-electron chi connectivity index (χ3n) is 4.30. The van der Waals surface area contributed by atoms with Crippen molar-refractivity contribution in [3.63, 3.8) is 0 Å². The molecule has 0 radical (unpaired) electrons. The van der Waals surface area contributed by atoms with E-state index >= 15 is 0 Å². The van der Waals surface area contributed by atoms with Crippen molar-refractivity contribution in [2.24, 2.45) is 14.1 Å². The number of rotatable bonds is 5. The summed E-state index contributed by atoms with van der Waals surface area (Å²) >= 11 is 4.74. The first-order chi connectivity index (χ1) is 12.8. The lowest BCUT2D eigenvalue weighted by atomic mass is 10.2. The summed E-state index contributed by atoms with van der Waals surface area (Å²) < 4.78 is 4.98. The minimum atomic E-state index is -0.375. The molecule has 27 heavy (non-hydrogen) atoms. The van der Waals surface area contributed by atoms with Gasteiger partial charge in [0.25, 0.3) is 11.1 Å². The average molecular weight is 451 g/mol. The fourth-order valence-corrected chi connectivity index (χ4v) is 4.17. The highest BCUT2D eigenvalue weighted by Crippen LogP contribution is 2.23. The molecular weight excluding hydrogens is 432 g/mol. The minimum Gasteiger partial charge on any atom is -0.300 e. The Balaban J connectivity index is 2.06. The van der Waals surface area contributed by atoms with Crippen LogP contribution in [0.2, 0.25) is 0 Å². The maximum Gasteiger partial charge on any atom is 0.330 e. The molecule has 0 spiro atoms. The molecule has 0 N–H and O–H groups in total. The van der Waals surface area contributed by atoms with Gasteiger partial charge in [-0.15, -0.1) is 0 Å². The van der Waals surface area contributed by atoms with Crippen LogP contribution in [-0.2, 0) is 26.4 Å². The molecule has 0 atom stereocenters. The van der Waals surface area contributed by atoms with Crippen molar-refractivity contribution in [3.05, 3.63) is 65.6 Å². The van der Waals surface area contributed by atoms with Crippen molar-refractivity contribution >= 4 is 38.6 Å². The number of nitrogens with zero attached hydrogens (tertiary/aromatic N) is 4. The van der Waals surface area contributed by atoms with Gasteiger partial charge in [0.2, 0.25) is 0 Å². The predicted molar refractivity (Wildman–Crippen MR) is 110 cm³/mol. The normalized spacial score (nSPS) is 11.3. The molecular formula is C18H19BrN4O3S. The fraction of sp³-hybridized carbons (Fsp3) is 0.333. The van der Waals surface area contributed by atoms with Crippen LogP contribution >= 0.6 is 27.7 Å². The van der Waals surface area contributed by atoms with E-state index in [1.54, 1.807) is 23.7 Å². The summed E-state index contributed by atoms with van der Waals surface area (Å²) in [5, 5.41) is 1.13. The molecule has 0 amide bonds. The maximum atomic E-state index is 12.9. The molecule has 0 aliphatic rings. The van der Waals surface area contributed by atoms with Gasteiger partial charge in [0, 0.05) is 42.6 Å². The first kappa shape index (κ1) is 19.6. The molecule has 3 rings (SSSR count). The van der Waals surface area contributed by atoms with Gasteiger partial charge in [-0.1, -0.05) is 34.6 Å². The van der Waals surface area contributed by atoms with Crippen molar-refractivity contribution in [3.8, 4) is 0 Å². The van der Waals surface area contributed by atoms with Gasteiger partial charge in [-0.05, 0) is 24.6 Å². The second kappa shape index (κ2) is 7.85. The summed E-state index contributed by atoms with van der Waals surface area (Å²) in [4.78, 5) is 41.6. The summed E-state index contributed by atoms with van der Waals surface area (Å²) in [7, 11) is 3.08. The molecule has 0 aliphatic heterocycles. The van der Waals surface area contributed by atoms with Crippen molar-refractivity contribution in [1.82, 2.24) is 18.7 Å². The molecule has 0 aliphatic carbocycles. The van der Waals surface area contributed by atoms with E-state index in [1.807, 2.05) is 13.0 Å². The molecule has 0 saturated heterocycles. The highest BCUT2D eigenvalue weighted by Gasteiger charge is 2.13. The van der Waals surface area contributed by atoms with E-state index in [1.165, 1.54) is 29.4 Å². The van der Waals surface area contributed by atoms with Gasteiger partial charge in [0.15, 0.2) is 5.16 Å². The second-order valence-electron chi connectivity index (χ2n) is 6.18. The van der Waals surface area contributed by atoms with Crippen LogP contribution in [0.15, 0.2) is 48.3 Å². The number of hydrogen-bond acceptors (Lipinski definition) is 5. The van der Waals surface area contributed by atoms with E-state index in [4.69, 9.17) is 0 Å². The van der Waals surface area contributed by atoms with Crippen LogP contribution in [-0.4, -0.2) is 18.7 Å². The van der Waals surface area contributed by atoms with E-state index < -0.39 is 0 Å². The largest absolute Gasteiger partial charge is 0.330 e. The molecule has 0 fully saturated rings. The molecule has 0 saturated carbocycles. The lowest BCUT2D eigenvalue weighted by molar-refractivity contribution is 0.584. The lowest BCUT2D eigenvalue weighted by Crippen LogP contribution is -2.37. The van der Waals surface area contributed by atoms with E-state index in [-0.39, 0.29) is 16.8 Å². The number of aromatic nitrogens is 4. The Bertz CT molecular complexity index is 1200. The van der Waals surface area contributed by atoms with Crippen LogP contribution in [0.1, 0.15) is 19.0 Å². The molecule has 3 aromatic rings. The SMILES string of the molecule is CCCn1c(SCc2cc(=O)n(C)c(=O)n2C)nc2ccc(Br)cc2c1=O. The van der Waals surface area contributed by atoms with Gasteiger partial charge in [0.1, 0.15) is 0 Å². The highest BCUT2D eigenvalue weighted by molar-refractivity contribution is 9.10. The smallest absolute Gasteiger partial charge is 0.300 e. The van der Waals surface area contributed by atoms with Gasteiger partial charge in [-0.2, -0.15) is 0 Å². The Kier molecular flexibility index (Phi) is 5.71. The van der Waals surface area contributed by atoms with E-state index in [2.05, 4.69) is 20.9 Å². The minimum absolute atomic E-state index is 0.0940. The van der Waals surface area contributed by atoms with E-state index in [0.29, 0.717) is 34.1 Å². The first-order valence-electron chi connectivity index (χ1n) is 8.42. The Labute approximate surface area is 167 Å². The quantitative estimate of drug-likeness (QED) is 0.439. The summed E-state index contributed by atoms with van der Waals surface area (Å²) in [5.74, 6) is 0.361. The van der Waals surface area contributed by atoms with Gasteiger partial charge < -0.3 is 0 Å². The predicted octanol–water partition coefficient (Wildman–Crippen LogP) is 2.26. The summed E-state index contributed by atoms with van der Waals surface area (Å²) in [6, 6.07) is 6.86. The molecule has 2 aromatic heterocycles. The van der Waals surface area contributed by atoms with Gasteiger partial charge >= 0.3 is 5.69 Å². The van der Waals surface area contributed by atoms with Crippen LogP contribution < -0.4 is 16.8 Å². The number of hydrogen-bond donors (Lipinski definition) is 0. The number of fused-ring (bicyclic) bond motifs is 1. The molecule has 9 heteroatoms. The van der Waals surface area contributed by atoms with Crippen LogP contribution in [0.4, 0.5) is 0 Å². The third kappa shape index (κ3) is 3.79. The molecule has 7 nitrogen and oxygen atoms in total. The summed E-state index contributed by atoms with van der Waals surface area (Å²) in [6.45, 7) is 2.54. The molecule has 0 unspecified atom stereocenters. The molecule has 142 valence electrons. The molecule has 2 heterocycles.